The van der Waals surface area contributed by atoms with Gasteiger partial charge in [0.2, 0.25) is 5.91 Å². The molecule has 1 atom stereocenters. The quantitative estimate of drug-likeness (QED) is 0.838. The average Bonchev–Trinajstić information content (AvgIpc) is 2.79. The van der Waals surface area contributed by atoms with Crippen LogP contribution in [0.4, 0.5) is 4.39 Å². The predicted molar refractivity (Wildman–Crippen MR) is 79.6 cm³/mol. The highest BCUT2D eigenvalue weighted by Gasteiger charge is 2.30. The number of benzene rings is 1. The zero-order valence-electron chi connectivity index (χ0n) is 12.1. The second kappa shape index (κ2) is 6.93. The Bertz CT molecular complexity index is 550. The van der Waals surface area contributed by atoms with Crippen molar-refractivity contribution in [3.05, 3.63) is 29.6 Å². The van der Waals surface area contributed by atoms with Gasteiger partial charge in [0, 0.05) is 37.8 Å². The molecule has 21 heavy (non-hydrogen) atoms. The second-order valence-corrected chi connectivity index (χ2v) is 6.28. The van der Waals surface area contributed by atoms with Gasteiger partial charge >= 0.3 is 0 Å². The molecule has 114 valence electrons. The fourth-order valence-corrected chi connectivity index (χ4v) is 3.09. The smallest absolute Gasteiger partial charge is 0.223 e. The Balaban J connectivity index is 2.00. The minimum Gasteiger partial charge on any atom is -0.494 e. The number of carbonyl (C=O) groups excluding carboxylic acids is 2. The normalized spacial score (nSPS) is 18.1. The largest absolute Gasteiger partial charge is 0.494 e. The van der Waals surface area contributed by atoms with Gasteiger partial charge in [0.05, 0.1) is 7.11 Å². The molecule has 2 rings (SSSR count). The van der Waals surface area contributed by atoms with Crippen molar-refractivity contribution in [1.29, 1.82) is 0 Å². The standard InChI is InChI=1S/C15H18FNO3S/c1-10(18)21-9-11-6-14(19)17(7-11)8-12-4-3-5-13(20-2)15(12)16/h3-5,11H,6-9H2,1-2H3. The van der Waals surface area contributed by atoms with Crippen molar-refractivity contribution in [2.75, 3.05) is 19.4 Å². The molecule has 0 radical (unpaired) electrons. The van der Waals surface area contributed by atoms with Gasteiger partial charge in [0.1, 0.15) is 0 Å². The highest BCUT2D eigenvalue weighted by Crippen LogP contribution is 2.26. The molecule has 1 amide bonds. The maximum Gasteiger partial charge on any atom is 0.223 e. The number of rotatable bonds is 5. The molecule has 1 aromatic rings. The number of halogens is 1. The molecule has 1 aliphatic heterocycles. The van der Waals surface area contributed by atoms with Crippen molar-refractivity contribution in [2.45, 2.75) is 19.9 Å². The fraction of sp³-hybridized carbons (Fsp3) is 0.467. The van der Waals surface area contributed by atoms with Gasteiger partial charge in [-0.15, -0.1) is 0 Å². The minimum atomic E-state index is -0.422. The first-order valence-corrected chi connectivity index (χ1v) is 7.72. The first-order valence-electron chi connectivity index (χ1n) is 6.73. The van der Waals surface area contributed by atoms with Crippen LogP contribution in [0, 0.1) is 11.7 Å². The zero-order chi connectivity index (χ0) is 15.4. The third-order valence-electron chi connectivity index (χ3n) is 3.44. The number of likely N-dealkylation sites (tertiary alicyclic amines) is 1. The van der Waals surface area contributed by atoms with Gasteiger partial charge in [-0.2, -0.15) is 0 Å². The summed E-state index contributed by atoms with van der Waals surface area (Å²) in [6, 6.07) is 4.92. The highest BCUT2D eigenvalue weighted by atomic mass is 32.2. The van der Waals surface area contributed by atoms with Crippen molar-refractivity contribution in [1.82, 2.24) is 4.90 Å². The summed E-state index contributed by atoms with van der Waals surface area (Å²) in [5.41, 5.74) is 0.447. The van der Waals surface area contributed by atoms with Crippen molar-refractivity contribution >= 4 is 22.8 Å². The lowest BCUT2D eigenvalue weighted by atomic mass is 10.1. The highest BCUT2D eigenvalue weighted by molar-refractivity contribution is 8.13. The number of hydrogen-bond acceptors (Lipinski definition) is 4. The van der Waals surface area contributed by atoms with Crippen molar-refractivity contribution in [2.24, 2.45) is 5.92 Å². The summed E-state index contributed by atoms with van der Waals surface area (Å²) < 4.78 is 19.0. The van der Waals surface area contributed by atoms with Crippen LogP contribution in [0.2, 0.25) is 0 Å². The topological polar surface area (TPSA) is 46.6 Å². The summed E-state index contributed by atoms with van der Waals surface area (Å²) in [6.45, 7) is 2.32. The first kappa shape index (κ1) is 15.8. The molecule has 4 nitrogen and oxygen atoms in total. The Morgan fingerprint density at radius 2 is 2.29 bits per heavy atom. The van der Waals surface area contributed by atoms with Crippen LogP contribution in [-0.2, 0) is 16.1 Å². The van der Waals surface area contributed by atoms with E-state index in [1.54, 1.807) is 23.1 Å². The number of nitrogens with zero attached hydrogens (tertiary/aromatic N) is 1. The van der Waals surface area contributed by atoms with Gasteiger partial charge in [-0.1, -0.05) is 23.9 Å². The maximum absolute atomic E-state index is 14.1. The number of thioether (sulfide) groups is 1. The van der Waals surface area contributed by atoms with E-state index in [1.807, 2.05) is 0 Å². The fourth-order valence-electron chi connectivity index (χ4n) is 2.40. The van der Waals surface area contributed by atoms with Gasteiger partial charge in [-0.25, -0.2) is 4.39 Å². The predicted octanol–water partition coefficient (Wildman–Crippen LogP) is 2.46. The molecule has 0 N–H and O–H groups in total. The summed E-state index contributed by atoms with van der Waals surface area (Å²) >= 11 is 1.24. The molecule has 1 heterocycles. The van der Waals surface area contributed by atoms with Crippen LogP contribution in [0.15, 0.2) is 18.2 Å². The van der Waals surface area contributed by atoms with Crippen molar-refractivity contribution in [3.8, 4) is 5.75 Å². The van der Waals surface area contributed by atoms with Gasteiger partial charge in [0.25, 0.3) is 0 Å². The van der Waals surface area contributed by atoms with Crippen molar-refractivity contribution < 1.29 is 18.7 Å². The molecule has 6 heteroatoms. The van der Waals surface area contributed by atoms with E-state index in [-0.39, 0.29) is 29.2 Å². The number of ether oxygens (including phenoxy) is 1. The number of carbonyl (C=O) groups is 2. The molecular weight excluding hydrogens is 293 g/mol. The summed E-state index contributed by atoms with van der Waals surface area (Å²) in [7, 11) is 1.41. The molecule has 0 bridgehead atoms. The third kappa shape index (κ3) is 3.97. The van der Waals surface area contributed by atoms with Gasteiger partial charge in [-0.05, 0) is 12.0 Å². The van der Waals surface area contributed by atoms with Crippen LogP contribution in [-0.4, -0.2) is 35.3 Å². The molecule has 0 spiro atoms. The molecule has 1 aromatic carbocycles. The molecule has 0 saturated carbocycles. The molecule has 1 saturated heterocycles. The molecule has 1 fully saturated rings. The van der Waals surface area contributed by atoms with Crippen LogP contribution >= 0.6 is 11.8 Å². The van der Waals surface area contributed by atoms with E-state index < -0.39 is 5.82 Å². The van der Waals surface area contributed by atoms with E-state index in [9.17, 15) is 14.0 Å². The Hall–Kier alpha value is -1.56. The lowest BCUT2D eigenvalue weighted by molar-refractivity contribution is -0.128. The molecule has 0 aromatic heterocycles. The lowest BCUT2D eigenvalue weighted by Gasteiger charge is -2.17. The SMILES string of the molecule is COc1cccc(CN2CC(CSC(C)=O)CC2=O)c1F. The Morgan fingerprint density at radius 1 is 1.52 bits per heavy atom. The van der Waals surface area contributed by atoms with Crippen LogP contribution in [0.1, 0.15) is 18.9 Å². The van der Waals surface area contributed by atoms with Crippen LogP contribution < -0.4 is 4.74 Å². The molecule has 1 unspecified atom stereocenters. The Kier molecular flexibility index (Phi) is 5.22. The summed E-state index contributed by atoms with van der Waals surface area (Å²) in [4.78, 5) is 24.6. The maximum atomic E-state index is 14.1. The van der Waals surface area contributed by atoms with Gasteiger partial charge in [-0.3, -0.25) is 9.59 Å². The van der Waals surface area contributed by atoms with E-state index in [2.05, 4.69) is 0 Å². The number of methoxy groups -OCH3 is 1. The van der Waals surface area contributed by atoms with E-state index in [0.29, 0.717) is 24.3 Å². The Morgan fingerprint density at radius 3 is 2.95 bits per heavy atom. The first-order chi connectivity index (χ1) is 10.0. The molecule has 1 aliphatic rings. The number of hydrogen-bond donors (Lipinski definition) is 0. The van der Waals surface area contributed by atoms with Crippen LogP contribution in [0.25, 0.3) is 0 Å². The van der Waals surface area contributed by atoms with Gasteiger partial charge < -0.3 is 9.64 Å². The number of amides is 1. The minimum absolute atomic E-state index is 0.00590. The molecule has 0 aliphatic carbocycles. The second-order valence-electron chi connectivity index (χ2n) is 5.08. The Labute approximate surface area is 127 Å². The van der Waals surface area contributed by atoms with Crippen molar-refractivity contribution in [3.63, 3.8) is 0 Å². The van der Waals surface area contributed by atoms with E-state index in [0.717, 1.165) is 0 Å². The van der Waals surface area contributed by atoms with Gasteiger partial charge in [0.15, 0.2) is 16.7 Å². The van der Waals surface area contributed by atoms with Crippen LogP contribution in [0.3, 0.4) is 0 Å². The average molecular weight is 311 g/mol. The van der Waals surface area contributed by atoms with E-state index in [4.69, 9.17) is 4.74 Å². The summed E-state index contributed by atoms with van der Waals surface area (Å²) in [5, 5.41) is 0.0553. The molecular formula is C15H18FNO3S. The zero-order valence-corrected chi connectivity index (χ0v) is 12.9. The van der Waals surface area contributed by atoms with E-state index >= 15 is 0 Å². The summed E-state index contributed by atoms with van der Waals surface area (Å²) in [6.07, 6.45) is 0.422. The summed E-state index contributed by atoms with van der Waals surface area (Å²) in [5.74, 6) is 0.557. The van der Waals surface area contributed by atoms with E-state index in [1.165, 1.54) is 25.8 Å². The third-order valence-corrected chi connectivity index (χ3v) is 4.49. The monoisotopic (exact) mass is 311 g/mol. The van der Waals surface area contributed by atoms with Crippen LogP contribution in [0.5, 0.6) is 5.75 Å². The lowest BCUT2D eigenvalue weighted by Crippen LogP contribution is -2.25.